The maximum atomic E-state index is 12.5. The van der Waals surface area contributed by atoms with Gasteiger partial charge in [0.15, 0.2) is 0 Å². The van der Waals surface area contributed by atoms with E-state index in [1.54, 1.807) is 0 Å². The number of rotatable bonds is 2. The highest BCUT2D eigenvalue weighted by Gasteiger charge is 2.39. The lowest BCUT2D eigenvalue weighted by atomic mass is 10.0. The van der Waals surface area contributed by atoms with E-state index in [1.165, 1.54) is 0 Å². The summed E-state index contributed by atoms with van der Waals surface area (Å²) >= 11 is 0. The van der Waals surface area contributed by atoms with Gasteiger partial charge in [0.2, 0.25) is 0 Å². The van der Waals surface area contributed by atoms with Crippen LogP contribution in [0.4, 0.5) is 0 Å². The normalized spacial score (nSPS) is 27.1. The Morgan fingerprint density at radius 1 is 1.08 bits per heavy atom. The summed E-state index contributed by atoms with van der Waals surface area (Å²) in [5.74, 6) is 0.171. The molecule has 1 N–H and O–H groups in total. The van der Waals surface area contributed by atoms with Crippen molar-refractivity contribution in [2.45, 2.75) is 31.0 Å². The summed E-state index contributed by atoms with van der Waals surface area (Å²) in [6.07, 6.45) is 2.49. The lowest BCUT2D eigenvalue weighted by molar-refractivity contribution is 0.0148. The molecule has 25 heavy (non-hydrogen) atoms. The number of morpholine rings is 1. The molecule has 0 aromatic heterocycles. The summed E-state index contributed by atoms with van der Waals surface area (Å²) in [7, 11) is 0. The molecule has 0 bridgehead atoms. The van der Waals surface area contributed by atoms with Gasteiger partial charge in [0.05, 0.1) is 12.7 Å². The Balaban J connectivity index is 0.00000113. The molecule has 140 valence electrons. The topological polar surface area (TPSA) is 44.8 Å². The van der Waals surface area contributed by atoms with Crippen LogP contribution >= 0.6 is 24.8 Å². The highest BCUT2D eigenvalue weighted by Crippen LogP contribution is 2.24. The first-order valence-corrected chi connectivity index (χ1v) is 8.74. The number of nitrogens with zero attached hydrogens (tertiary/aromatic N) is 2. The minimum absolute atomic E-state index is 0. The summed E-state index contributed by atoms with van der Waals surface area (Å²) < 4.78 is 5.87. The van der Waals surface area contributed by atoms with E-state index in [1.807, 2.05) is 35.2 Å². The van der Waals surface area contributed by atoms with Crippen LogP contribution in [0, 0.1) is 0 Å². The van der Waals surface area contributed by atoms with E-state index in [2.05, 4.69) is 10.2 Å². The van der Waals surface area contributed by atoms with Gasteiger partial charge in [-0.25, -0.2) is 0 Å². The molecule has 1 aromatic carbocycles. The molecule has 0 unspecified atom stereocenters. The Kier molecular flexibility index (Phi) is 7.52. The van der Waals surface area contributed by atoms with Gasteiger partial charge in [0.25, 0.3) is 5.91 Å². The largest absolute Gasteiger partial charge is 0.374 e. The summed E-state index contributed by atoms with van der Waals surface area (Å²) in [5.41, 5.74) is 0.802. The van der Waals surface area contributed by atoms with Crippen LogP contribution in [-0.2, 0) is 4.74 Å². The lowest BCUT2D eigenvalue weighted by Gasteiger charge is -2.36. The van der Waals surface area contributed by atoms with Gasteiger partial charge in [-0.1, -0.05) is 18.2 Å². The van der Waals surface area contributed by atoms with Gasteiger partial charge in [-0.15, -0.1) is 24.8 Å². The SMILES string of the molecule is Cl.Cl.O=C(c1ccccc1)N1CCC(N2C[C@@H]3NCCO[C@H]3C2)CC1. The molecule has 7 heteroatoms. The number of hydrogen-bond acceptors (Lipinski definition) is 4. The monoisotopic (exact) mass is 387 g/mol. The number of hydrogen-bond donors (Lipinski definition) is 1. The second-order valence-electron chi connectivity index (χ2n) is 6.81. The standard InChI is InChI=1S/C18H25N3O2.2ClH/c22-18(14-4-2-1-3-5-14)20-9-6-15(7-10-20)21-12-16-17(13-21)23-11-8-19-16;;/h1-5,15-17,19H,6-13H2;2*1H/t16-,17-;;/m0../s1. The molecule has 0 radical (unpaired) electrons. The maximum absolute atomic E-state index is 12.5. The molecule has 0 saturated carbocycles. The average molecular weight is 388 g/mol. The quantitative estimate of drug-likeness (QED) is 0.840. The minimum atomic E-state index is 0. The van der Waals surface area contributed by atoms with Crippen molar-refractivity contribution >= 4 is 30.7 Å². The van der Waals surface area contributed by atoms with Crippen molar-refractivity contribution in [1.82, 2.24) is 15.1 Å². The predicted octanol–water partition coefficient (Wildman–Crippen LogP) is 1.81. The van der Waals surface area contributed by atoms with E-state index >= 15 is 0 Å². The van der Waals surface area contributed by atoms with Crippen LogP contribution < -0.4 is 5.32 Å². The highest BCUT2D eigenvalue weighted by atomic mass is 35.5. The minimum Gasteiger partial charge on any atom is -0.374 e. The molecule has 4 rings (SSSR count). The predicted molar refractivity (Wildman–Crippen MR) is 103 cm³/mol. The molecule has 3 heterocycles. The van der Waals surface area contributed by atoms with Gasteiger partial charge >= 0.3 is 0 Å². The summed E-state index contributed by atoms with van der Waals surface area (Å²) in [5, 5.41) is 3.57. The van der Waals surface area contributed by atoms with Gasteiger partial charge in [-0.05, 0) is 25.0 Å². The fraction of sp³-hybridized carbons (Fsp3) is 0.611. The van der Waals surface area contributed by atoms with Crippen molar-refractivity contribution < 1.29 is 9.53 Å². The Labute approximate surface area is 161 Å². The molecule has 3 aliphatic rings. The molecule has 3 aliphatic heterocycles. The van der Waals surface area contributed by atoms with Crippen molar-refractivity contribution in [3.63, 3.8) is 0 Å². The fourth-order valence-electron chi connectivity index (χ4n) is 4.12. The molecule has 2 atom stereocenters. The maximum Gasteiger partial charge on any atom is 0.253 e. The molecule has 5 nitrogen and oxygen atoms in total. The third kappa shape index (κ3) is 4.47. The van der Waals surface area contributed by atoms with Crippen LogP contribution in [0.5, 0.6) is 0 Å². The summed E-state index contributed by atoms with van der Waals surface area (Å²) in [6.45, 7) is 5.64. The van der Waals surface area contributed by atoms with Crippen LogP contribution in [0.3, 0.4) is 0 Å². The van der Waals surface area contributed by atoms with Gasteiger partial charge in [-0.3, -0.25) is 9.69 Å². The first-order valence-electron chi connectivity index (χ1n) is 8.74. The van der Waals surface area contributed by atoms with E-state index < -0.39 is 0 Å². The third-order valence-corrected chi connectivity index (χ3v) is 5.42. The number of halogens is 2. The molecule has 1 amide bonds. The lowest BCUT2D eigenvalue weighted by Crippen LogP contribution is -2.48. The van der Waals surface area contributed by atoms with Gasteiger partial charge in [0.1, 0.15) is 0 Å². The van der Waals surface area contributed by atoms with Crippen molar-refractivity contribution in [3.05, 3.63) is 35.9 Å². The van der Waals surface area contributed by atoms with Crippen LogP contribution in [0.1, 0.15) is 23.2 Å². The number of carbonyl (C=O) groups is 1. The fourth-order valence-corrected chi connectivity index (χ4v) is 4.12. The molecule has 0 aliphatic carbocycles. The Hall–Kier alpha value is -0.850. The molecule has 1 aromatic rings. The first-order chi connectivity index (χ1) is 11.3. The zero-order valence-electron chi connectivity index (χ0n) is 14.3. The van der Waals surface area contributed by atoms with Crippen LogP contribution in [0.15, 0.2) is 30.3 Å². The van der Waals surface area contributed by atoms with Gasteiger partial charge in [0, 0.05) is 50.4 Å². The number of benzene rings is 1. The number of ether oxygens (including phenoxy) is 1. The number of piperidine rings is 1. The smallest absolute Gasteiger partial charge is 0.253 e. The van der Waals surface area contributed by atoms with Crippen molar-refractivity contribution in [2.24, 2.45) is 0 Å². The van der Waals surface area contributed by atoms with Crippen molar-refractivity contribution in [1.29, 1.82) is 0 Å². The molecular weight excluding hydrogens is 361 g/mol. The molecular formula is C18H27Cl2N3O2. The Morgan fingerprint density at radius 2 is 1.80 bits per heavy atom. The molecule has 0 spiro atoms. The average Bonchev–Trinajstić information content (AvgIpc) is 3.06. The molecule has 3 saturated heterocycles. The van der Waals surface area contributed by atoms with Crippen LogP contribution in [0.25, 0.3) is 0 Å². The zero-order valence-corrected chi connectivity index (χ0v) is 15.9. The van der Waals surface area contributed by atoms with Crippen LogP contribution in [-0.4, -0.2) is 73.2 Å². The highest BCUT2D eigenvalue weighted by molar-refractivity contribution is 5.94. The Morgan fingerprint density at radius 3 is 2.48 bits per heavy atom. The van der Waals surface area contributed by atoms with Crippen LogP contribution in [0.2, 0.25) is 0 Å². The second-order valence-corrected chi connectivity index (χ2v) is 6.81. The summed E-state index contributed by atoms with van der Waals surface area (Å²) in [6, 6.07) is 10.7. The number of likely N-dealkylation sites (tertiary alicyclic amines) is 2. The number of amides is 1. The summed E-state index contributed by atoms with van der Waals surface area (Å²) in [4.78, 5) is 17.1. The van der Waals surface area contributed by atoms with E-state index in [-0.39, 0.29) is 30.7 Å². The van der Waals surface area contributed by atoms with Gasteiger partial charge in [-0.2, -0.15) is 0 Å². The number of nitrogens with one attached hydrogen (secondary N) is 1. The third-order valence-electron chi connectivity index (χ3n) is 5.42. The van der Waals surface area contributed by atoms with E-state index in [0.717, 1.165) is 57.7 Å². The first kappa shape index (κ1) is 20.5. The van der Waals surface area contributed by atoms with Crippen molar-refractivity contribution in [2.75, 3.05) is 39.3 Å². The van der Waals surface area contributed by atoms with E-state index in [9.17, 15) is 4.79 Å². The van der Waals surface area contributed by atoms with E-state index in [4.69, 9.17) is 4.74 Å². The number of fused-ring (bicyclic) bond motifs is 1. The molecule has 3 fully saturated rings. The zero-order chi connectivity index (χ0) is 15.6. The van der Waals surface area contributed by atoms with E-state index in [0.29, 0.717) is 18.2 Å². The van der Waals surface area contributed by atoms with Crippen molar-refractivity contribution in [3.8, 4) is 0 Å². The van der Waals surface area contributed by atoms with Gasteiger partial charge < -0.3 is 15.0 Å². The second kappa shape index (κ2) is 9.19. The Bertz CT molecular complexity index is 539. The number of carbonyl (C=O) groups excluding carboxylic acids is 1.